The highest BCUT2D eigenvalue weighted by Gasteiger charge is 2.23. The van der Waals surface area contributed by atoms with Crippen LogP contribution in [0.15, 0.2) is 0 Å². The van der Waals surface area contributed by atoms with Crippen molar-refractivity contribution in [2.24, 2.45) is 11.7 Å². The molecule has 0 aromatic carbocycles. The topological polar surface area (TPSA) is 122 Å². The van der Waals surface area contributed by atoms with E-state index >= 15 is 0 Å². The lowest BCUT2D eigenvalue weighted by atomic mass is 10.0. The molecule has 0 aliphatic heterocycles. The zero-order valence-electron chi connectivity index (χ0n) is 10.2. The number of nitrogens with two attached hydrogens (primary N) is 1. The minimum atomic E-state index is -0.985. The summed E-state index contributed by atoms with van der Waals surface area (Å²) in [5.41, 5.74) is 4.27. The molecule has 98 valence electrons. The van der Waals surface area contributed by atoms with Gasteiger partial charge in [-0.1, -0.05) is 6.92 Å². The Kier molecular flexibility index (Phi) is 5.43. The Labute approximate surface area is 99.7 Å². The van der Waals surface area contributed by atoms with Crippen LogP contribution in [0.4, 0.5) is 4.79 Å². The maximum Gasteiger partial charge on any atom is 0.315 e. The number of nitrogens with one attached hydrogen (secondary N) is 2. The molecule has 5 N–H and O–H groups in total. The van der Waals surface area contributed by atoms with E-state index in [1.54, 1.807) is 13.8 Å². The first-order valence-electron chi connectivity index (χ1n) is 5.21. The molecule has 0 saturated carbocycles. The number of carbonyl (C=O) groups excluding carboxylic acids is 2. The second-order valence-electron chi connectivity index (χ2n) is 4.60. The summed E-state index contributed by atoms with van der Waals surface area (Å²) in [7, 11) is 0. The van der Waals surface area contributed by atoms with E-state index in [1.807, 2.05) is 0 Å². The van der Waals surface area contributed by atoms with Crippen LogP contribution in [0.2, 0.25) is 0 Å². The van der Waals surface area contributed by atoms with E-state index in [4.69, 9.17) is 10.8 Å². The molecule has 3 amide bonds. The van der Waals surface area contributed by atoms with Gasteiger partial charge in [0.05, 0.1) is 5.92 Å². The second kappa shape index (κ2) is 6.07. The number of hydrogen-bond acceptors (Lipinski definition) is 3. The molecule has 1 atom stereocenters. The number of carbonyl (C=O) groups is 3. The molecule has 0 radical (unpaired) electrons. The van der Waals surface area contributed by atoms with Gasteiger partial charge in [0.1, 0.15) is 0 Å². The maximum absolute atomic E-state index is 11.4. The SMILES string of the molecule is CC(CNC(=O)NC(C)(C)CC(N)=O)C(=O)O. The third-order valence-corrected chi connectivity index (χ3v) is 2.06. The minimum absolute atomic E-state index is 0.00883. The van der Waals surface area contributed by atoms with Crippen molar-refractivity contribution in [1.82, 2.24) is 10.6 Å². The van der Waals surface area contributed by atoms with Crippen molar-refractivity contribution >= 4 is 17.9 Å². The van der Waals surface area contributed by atoms with Gasteiger partial charge in [0.25, 0.3) is 0 Å². The Morgan fingerprint density at radius 1 is 1.35 bits per heavy atom. The van der Waals surface area contributed by atoms with Crippen molar-refractivity contribution in [1.29, 1.82) is 0 Å². The standard InChI is InChI=1S/C10H19N3O4/c1-6(8(15)16)5-12-9(17)13-10(2,3)4-7(11)14/h6H,4-5H2,1-3H3,(H2,11,14)(H,15,16)(H2,12,13,17). The zero-order valence-corrected chi connectivity index (χ0v) is 10.2. The first-order valence-corrected chi connectivity index (χ1v) is 5.21. The highest BCUT2D eigenvalue weighted by atomic mass is 16.4. The lowest BCUT2D eigenvalue weighted by molar-refractivity contribution is -0.140. The molecule has 0 aliphatic rings. The van der Waals surface area contributed by atoms with Crippen molar-refractivity contribution in [3.63, 3.8) is 0 Å². The molecule has 0 fully saturated rings. The largest absolute Gasteiger partial charge is 0.481 e. The summed E-state index contributed by atoms with van der Waals surface area (Å²) in [6.07, 6.45) is 0.00883. The summed E-state index contributed by atoms with van der Waals surface area (Å²) in [5.74, 6) is -2.17. The first-order chi connectivity index (χ1) is 7.64. The molecule has 0 aromatic heterocycles. The Bertz CT molecular complexity index is 315. The van der Waals surface area contributed by atoms with Crippen molar-refractivity contribution < 1.29 is 19.5 Å². The van der Waals surface area contributed by atoms with E-state index in [9.17, 15) is 14.4 Å². The molecule has 0 aromatic rings. The Morgan fingerprint density at radius 2 is 1.88 bits per heavy atom. The summed E-state index contributed by atoms with van der Waals surface area (Å²) in [5, 5.41) is 13.6. The number of hydrogen-bond donors (Lipinski definition) is 4. The van der Waals surface area contributed by atoms with Crippen molar-refractivity contribution in [2.75, 3.05) is 6.54 Å². The van der Waals surface area contributed by atoms with Crippen LogP contribution in [0.25, 0.3) is 0 Å². The number of primary amides is 1. The van der Waals surface area contributed by atoms with E-state index in [-0.39, 0.29) is 13.0 Å². The molecule has 0 saturated heterocycles. The van der Waals surface area contributed by atoms with Gasteiger partial charge in [-0.2, -0.15) is 0 Å². The summed E-state index contributed by atoms with van der Waals surface area (Å²) in [6.45, 7) is 4.81. The third kappa shape index (κ3) is 7.15. The van der Waals surface area contributed by atoms with Gasteiger partial charge in [0.15, 0.2) is 0 Å². The first kappa shape index (κ1) is 15.2. The lowest BCUT2D eigenvalue weighted by Crippen LogP contribution is -2.51. The van der Waals surface area contributed by atoms with E-state index in [1.165, 1.54) is 6.92 Å². The molecule has 0 bridgehead atoms. The Hall–Kier alpha value is -1.79. The van der Waals surface area contributed by atoms with Gasteiger partial charge in [-0.25, -0.2) is 4.79 Å². The Balaban J connectivity index is 4.09. The van der Waals surface area contributed by atoms with E-state index < -0.39 is 29.4 Å². The summed E-state index contributed by atoms with van der Waals surface area (Å²) >= 11 is 0. The minimum Gasteiger partial charge on any atom is -0.481 e. The number of urea groups is 1. The molecular weight excluding hydrogens is 226 g/mol. The molecule has 0 heterocycles. The predicted molar refractivity (Wildman–Crippen MR) is 61.2 cm³/mol. The number of aliphatic carboxylic acids is 1. The summed E-state index contributed by atoms with van der Waals surface area (Å²) in [6, 6.07) is -0.524. The van der Waals surface area contributed by atoms with Crippen LogP contribution in [-0.4, -0.2) is 35.1 Å². The van der Waals surface area contributed by atoms with Crippen LogP contribution in [0.3, 0.4) is 0 Å². The number of carboxylic acids is 1. The molecule has 1 unspecified atom stereocenters. The van der Waals surface area contributed by atoms with Crippen LogP contribution in [-0.2, 0) is 9.59 Å². The fraction of sp³-hybridized carbons (Fsp3) is 0.700. The number of rotatable bonds is 6. The molecule has 7 nitrogen and oxygen atoms in total. The molecule has 0 spiro atoms. The second-order valence-corrected chi connectivity index (χ2v) is 4.60. The highest BCUT2D eigenvalue weighted by Crippen LogP contribution is 2.06. The van der Waals surface area contributed by atoms with Crippen LogP contribution in [0, 0.1) is 5.92 Å². The van der Waals surface area contributed by atoms with Gasteiger partial charge in [-0.05, 0) is 13.8 Å². The van der Waals surface area contributed by atoms with Crippen molar-refractivity contribution in [3.8, 4) is 0 Å². The fourth-order valence-electron chi connectivity index (χ4n) is 1.16. The molecule has 0 aliphatic carbocycles. The van der Waals surface area contributed by atoms with E-state index in [2.05, 4.69) is 10.6 Å². The van der Waals surface area contributed by atoms with Gasteiger partial charge < -0.3 is 21.5 Å². The molecule has 0 rings (SSSR count). The van der Waals surface area contributed by atoms with Gasteiger partial charge in [-0.3, -0.25) is 9.59 Å². The smallest absolute Gasteiger partial charge is 0.315 e. The average molecular weight is 245 g/mol. The zero-order chi connectivity index (χ0) is 13.6. The van der Waals surface area contributed by atoms with Crippen LogP contribution in [0.5, 0.6) is 0 Å². The quantitative estimate of drug-likeness (QED) is 0.511. The van der Waals surface area contributed by atoms with Crippen molar-refractivity contribution in [2.45, 2.75) is 32.7 Å². The molecule has 7 heteroatoms. The van der Waals surface area contributed by atoms with Gasteiger partial charge in [-0.15, -0.1) is 0 Å². The highest BCUT2D eigenvalue weighted by molar-refractivity contribution is 5.79. The molecular formula is C10H19N3O4. The fourth-order valence-corrected chi connectivity index (χ4v) is 1.16. The Morgan fingerprint density at radius 3 is 2.29 bits per heavy atom. The van der Waals surface area contributed by atoms with E-state index in [0.29, 0.717) is 0 Å². The number of carboxylic acid groups (broad SMARTS) is 1. The average Bonchev–Trinajstić information content (AvgIpc) is 2.10. The normalized spacial score (nSPS) is 12.6. The van der Waals surface area contributed by atoms with Gasteiger partial charge >= 0.3 is 12.0 Å². The number of amides is 3. The maximum atomic E-state index is 11.4. The van der Waals surface area contributed by atoms with E-state index in [0.717, 1.165) is 0 Å². The monoisotopic (exact) mass is 245 g/mol. The molecule has 17 heavy (non-hydrogen) atoms. The predicted octanol–water partition coefficient (Wildman–Crippen LogP) is -0.340. The van der Waals surface area contributed by atoms with Gasteiger partial charge in [0.2, 0.25) is 5.91 Å². The third-order valence-electron chi connectivity index (χ3n) is 2.06. The summed E-state index contributed by atoms with van der Waals surface area (Å²) < 4.78 is 0. The van der Waals surface area contributed by atoms with Crippen LogP contribution < -0.4 is 16.4 Å². The van der Waals surface area contributed by atoms with Crippen molar-refractivity contribution in [3.05, 3.63) is 0 Å². The van der Waals surface area contributed by atoms with Crippen LogP contribution >= 0.6 is 0 Å². The lowest BCUT2D eigenvalue weighted by Gasteiger charge is -2.25. The van der Waals surface area contributed by atoms with Gasteiger partial charge in [0, 0.05) is 18.5 Å². The summed E-state index contributed by atoms with van der Waals surface area (Å²) in [4.78, 5) is 32.6. The van der Waals surface area contributed by atoms with Crippen LogP contribution in [0.1, 0.15) is 27.2 Å².